The lowest BCUT2D eigenvalue weighted by Crippen LogP contribution is -2.15. The van der Waals surface area contributed by atoms with Crippen molar-refractivity contribution in [3.05, 3.63) is 40.5 Å². The first-order chi connectivity index (χ1) is 7.63. The van der Waals surface area contributed by atoms with Gasteiger partial charge in [0.25, 0.3) is 0 Å². The Balaban J connectivity index is 2.59. The number of hydrogen-bond acceptors (Lipinski definition) is 1. The summed E-state index contributed by atoms with van der Waals surface area (Å²) in [7, 11) is 0. The fourth-order valence-electron chi connectivity index (χ4n) is 2.55. The van der Waals surface area contributed by atoms with Gasteiger partial charge < -0.3 is 5.73 Å². The summed E-state index contributed by atoms with van der Waals surface area (Å²) in [6, 6.07) is 4.60. The van der Waals surface area contributed by atoms with Crippen molar-refractivity contribution < 1.29 is 0 Å². The number of rotatable bonds is 1. The molecule has 86 valence electrons. The van der Waals surface area contributed by atoms with Crippen LogP contribution in [0.1, 0.15) is 28.7 Å². The van der Waals surface area contributed by atoms with Gasteiger partial charge >= 0.3 is 0 Å². The van der Waals surface area contributed by atoms with E-state index in [-0.39, 0.29) is 0 Å². The van der Waals surface area contributed by atoms with Gasteiger partial charge in [0.2, 0.25) is 0 Å². The molecule has 0 bridgehead atoms. The van der Waals surface area contributed by atoms with Crippen LogP contribution in [-0.2, 0) is 6.42 Å². The first kappa shape index (κ1) is 12.1. The van der Waals surface area contributed by atoms with Crippen LogP contribution in [0.3, 0.4) is 0 Å². The van der Waals surface area contributed by atoms with Gasteiger partial charge in [-0.2, -0.15) is 0 Å². The largest absolute Gasteiger partial charge is 0.327 e. The van der Waals surface area contributed by atoms with Gasteiger partial charge in [-0.25, -0.2) is 0 Å². The fraction of sp³-hybridized carbons (Fsp3) is 0.429. The molecule has 0 spiro atoms. The number of fused-ring (bicyclic) bond motifs is 1. The molecule has 1 unspecified atom stereocenters. The molecule has 1 atom stereocenters. The third-order valence-corrected chi connectivity index (χ3v) is 4.55. The second-order valence-electron chi connectivity index (χ2n) is 4.51. The SMILES string of the molecule is Cc1cc(C)c2c(c1)C(=CCN)C(I)CC2. The van der Waals surface area contributed by atoms with Gasteiger partial charge in [0.05, 0.1) is 0 Å². The molecule has 0 amide bonds. The Bertz CT molecular complexity index is 435. The number of benzene rings is 1. The van der Waals surface area contributed by atoms with E-state index in [1.165, 1.54) is 40.7 Å². The zero-order valence-electron chi connectivity index (χ0n) is 9.89. The van der Waals surface area contributed by atoms with Gasteiger partial charge in [0, 0.05) is 10.5 Å². The number of nitrogens with two attached hydrogens (primary N) is 1. The molecular weight excluding hydrogens is 309 g/mol. The number of aryl methyl sites for hydroxylation is 2. The van der Waals surface area contributed by atoms with E-state index < -0.39 is 0 Å². The highest BCUT2D eigenvalue weighted by molar-refractivity contribution is 14.1. The van der Waals surface area contributed by atoms with Crippen LogP contribution in [0.25, 0.3) is 5.57 Å². The van der Waals surface area contributed by atoms with Crippen LogP contribution < -0.4 is 5.73 Å². The predicted octanol–water partition coefficient (Wildman–Crippen LogP) is 3.40. The second kappa shape index (κ2) is 4.88. The summed E-state index contributed by atoms with van der Waals surface area (Å²) in [4.78, 5) is 0. The van der Waals surface area contributed by atoms with E-state index in [9.17, 15) is 0 Å². The van der Waals surface area contributed by atoms with Crippen molar-refractivity contribution in [1.29, 1.82) is 0 Å². The summed E-state index contributed by atoms with van der Waals surface area (Å²) in [6.45, 7) is 5.03. The second-order valence-corrected chi connectivity index (χ2v) is 6.01. The molecule has 16 heavy (non-hydrogen) atoms. The monoisotopic (exact) mass is 327 g/mol. The average molecular weight is 327 g/mol. The highest BCUT2D eigenvalue weighted by Crippen LogP contribution is 2.37. The molecule has 0 radical (unpaired) electrons. The van der Waals surface area contributed by atoms with Crippen molar-refractivity contribution in [2.75, 3.05) is 6.54 Å². The molecule has 0 heterocycles. The van der Waals surface area contributed by atoms with E-state index >= 15 is 0 Å². The van der Waals surface area contributed by atoms with E-state index in [1.54, 1.807) is 0 Å². The first-order valence-corrected chi connectivity index (χ1v) is 7.02. The maximum atomic E-state index is 5.68. The van der Waals surface area contributed by atoms with Crippen LogP contribution in [-0.4, -0.2) is 10.5 Å². The standard InChI is InChI=1S/C14H18IN/c1-9-7-10(2)11-3-4-14(15)12(5-6-16)13(11)8-9/h5,7-8,14H,3-4,6,16H2,1-2H3. The third-order valence-electron chi connectivity index (χ3n) is 3.25. The molecule has 0 saturated carbocycles. The van der Waals surface area contributed by atoms with E-state index in [0.717, 1.165) is 0 Å². The summed E-state index contributed by atoms with van der Waals surface area (Å²) >= 11 is 2.54. The minimum absolute atomic E-state index is 0.620. The van der Waals surface area contributed by atoms with Crippen LogP contribution in [0, 0.1) is 13.8 Å². The van der Waals surface area contributed by atoms with E-state index in [4.69, 9.17) is 5.73 Å². The molecule has 0 fully saturated rings. The highest BCUT2D eigenvalue weighted by Gasteiger charge is 2.22. The molecular formula is C14H18IN. The first-order valence-electron chi connectivity index (χ1n) is 5.78. The normalized spacial score (nSPS) is 22.2. The summed E-state index contributed by atoms with van der Waals surface area (Å²) in [5.74, 6) is 0. The van der Waals surface area contributed by atoms with E-state index in [0.29, 0.717) is 10.5 Å². The molecule has 2 rings (SSSR count). The number of alkyl halides is 1. The quantitative estimate of drug-likeness (QED) is 0.621. The average Bonchev–Trinajstić information content (AvgIpc) is 2.22. The molecule has 1 aromatic rings. The molecule has 1 aliphatic carbocycles. The summed E-state index contributed by atoms with van der Waals surface area (Å²) < 4.78 is 0.620. The van der Waals surface area contributed by atoms with Gasteiger partial charge in [-0.05, 0) is 49.0 Å². The van der Waals surface area contributed by atoms with Crippen molar-refractivity contribution >= 4 is 28.2 Å². The lowest BCUT2D eigenvalue weighted by molar-refractivity contribution is 0.842. The molecule has 2 N–H and O–H groups in total. The Hall–Kier alpha value is -0.350. The maximum Gasteiger partial charge on any atom is 0.0366 e. The number of allylic oxidation sites excluding steroid dienone is 1. The molecule has 0 aromatic heterocycles. The Morgan fingerprint density at radius 2 is 2.19 bits per heavy atom. The van der Waals surface area contributed by atoms with Crippen LogP contribution in [0.15, 0.2) is 18.2 Å². The van der Waals surface area contributed by atoms with Crippen LogP contribution >= 0.6 is 22.6 Å². The molecule has 1 aromatic carbocycles. The molecule has 2 heteroatoms. The minimum atomic E-state index is 0.620. The Labute approximate surface area is 111 Å². The Morgan fingerprint density at radius 3 is 2.88 bits per heavy atom. The van der Waals surface area contributed by atoms with Crippen molar-refractivity contribution in [2.45, 2.75) is 30.6 Å². The van der Waals surface area contributed by atoms with Gasteiger partial charge in [-0.3, -0.25) is 0 Å². The van der Waals surface area contributed by atoms with Crippen molar-refractivity contribution in [2.24, 2.45) is 5.73 Å². The molecule has 1 nitrogen and oxygen atoms in total. The molecule has 0 aliphatic heterocycles. The summed E-state index contributed by atoms with van der Waals surface area (Å²) in [5.41, 5.74) is 12.9. The predicted molar refractivity (Wildman–Crippen MR) is 79.1 cm³/mol. The van der Waals surface area contributed by atoms with E-state index in [1.807, 2.05) is 0 Å². The summed E-state index contributed by atoms with van der Waals surface area (Å²) in [5, 5.41) is 0. The van der Waals surface area contributed by atoms with Crippen molar-refractivity contribution in [3.63, 3.8) is 0 Å². The lowest BCUT2D eigenvalue weighted by atomic mass is 9.83. The molecule has 1 aliphatic rings. The fourth-order valence-corrected chi connectivity index (χ4v) is 3.45. The van der Waals surface area contributed by atoms with Gasteiger partial charge in [0.1, 0.15) is 0 Å². The maximum absolute atomic E-state index is 5.68. The van der Waals surface area contributed by atoms with Gasteiger partial charge in [-0.15, -0.1) is 0 Å². The smallest absolute Gasteiger partial charge is 0.0366 e. The van der Waals surface area contributed by atoms with Crippen LogP contribution in [0.5, 0.6) is 0 Å². The zero-order chi connectivity index (χ0) is 11.7. The van der Waals surface area contributed by atoms with Crippen molar-refractivity contribution in [3.8, 4) is 0 Å². The van der Waals surface area contributed by atoms with Gasteiger partial charge in [0.15, 0.2) is 0 Å². The minimum Gasteiger partial charge on any atom is -0.327 e. The highest BCUT2D eigenvalue weighted by atomic mass is 127. The molecule has 0 saturated heterocycles. The number of halogens is 1. The van der Waals surface area contributed by atoms with Crippen LogP contribution in [0.4, 0.5) is 0 Å². The van der Waals surface area contributed by atoms with Crippen molar-refractivity contribution in [1.82, 2.24) is 0 Å². The third kappa shape index (κ3) is 2.18. The Morgan fingerprint density at radius 1 is 1.44 bits per heavy atom. The lowest BCUT2D eigenvalue weighted by Gasteiger charge is -2.26. The van der Waals surface area contributed by atoms with Crippen LogP contribution in [0.2, 0.25) is 0 Å². The van der Waals surface area contributed by atoms with E-state index in [2.05, 4.69) is 54.6 Å². The number of hydrogen-bond donors (Lipinski definition) is 1. The topological polar surface area (TPSA) is 26.0 Å². The zero-order valence-corrected chi connectivity index (χ0v) is 12.0. The van der Waals surface area contributed by atoms with Gasteiger partial charge in [-0.1, -0.05) is 46.4 Å². The Kier molecular flexibility index (Phi) is 3.70. The summed E-state index contributed by atoms with van der Waals surface area (Å²) in [6.07, 6.45) is 4.63.